The molecule has 0 aliphatic carbocycles. The Balaban J connectivity index is 1.43. The third-order valence-corrected chi connectivity index (χ3v) is 6.86. The summed E-state index contributed by atoms with van der Waals surface area (Å²) in [7, 11) is 0. The largest absolute Gasteiger partial charge is 0.506 e. The molecule has 0 spiro atoms. The van der Waals surface area contributed by atoms with Crippen molar-refractivity contribution in [1.82, 2.24) is 15.2 Å². The highest BCUT2D eigenvalue weighted by atomic mass is 35.5. The number of aromatic nitrogens is 1. The monoisotopic (exact) mass is 549 g/mol. The topological polar surface area (TPSA) is 124 Å². The van der Waals surface area contributed by atoms with Gasteiger partial charge in [0.2, 0.25) is 5.91 Å². The summed E-state index contributed by atoms with van der Waals surface area (Å²) in [6.45, 7) is 5.35. The van der Waals surface area contributed by atoms with Crippen molar-refractivity contribution < 1.29 is 19.5 Å². The number of rotatable bonds is 10. The SMILES string of the molecule is CCNCCCN1CCCC(c2ccc(C(=O)Nc3c(O)cccc3C(=O)Nc3ccc(Cl)cn3)cc2)C1=O. The van der Waals surface area contributed by atoms with Crippen molar-refractivity contribution in [2.24, 2.45) is 0 Å². The molecule has 0 saturated carbocycles. The van der Waals surface area contributed by atoms with Crippen LogP contribution in [0.2, 0.25) is 5.02 Å². The first-order valence-corrected chi connectivity index (χ1v) is 13.4. The molecular weight excluding hydrogens is 518 g/mol. The first-order chi connectivity index (χ1) is 18.9. The molecule has 3 aromatic rings. The van der Waals surface area contributed by atoms with E-state index in [9.17, 15) is 19.5 Å². The number of anilines is 2. The number of hydrogen-bond donors (Lipinski definition) is 4. The molecule has 1 aliphatic heterocycles. The number of para-hydroxylation sites is 1. The van der Waals surface area contributed by atoms with Crippen LogP contribution in [0.5, 0.6) is 5.75 Å². The standard InChI is InChI=1S/C29H32ClN5O4/c1-2-31-15-5-17-35-16-4-7-22(29(35)39)19-9-11-20(12-10-19)27(37)34-26-23(6-3-8-24(26)36)28(38)33-25-14-13-21(30)18-32-25/h3,6,8-14,18,22,31,36H,2,4-5,7,15-17H2,1H3,(H,34,37)(H,32,33,38). The van der Waals surface area contributed by atoms with Crippen LogP contribution in [0.1, 0.15) is 58.4 Å². The van der Waals surface area contributed by atoms with Gasteiger partial charge in [-0.15, -0.1) is 0 Å². The number of piperidine rings is 1. The van der Waals surface area contributed by atoms with Crippen LogP contribution in [0.4, 0.5) is 11.5 Å². The van der Waals surface area contributed by atoms with Crippen molar-refractivity contribution in [2.45, 2.75) is 32.1 Å². The lowest BCUT2D eigenvalue weighted by molar-refractivity contribution is -0.135. The fourth-order valence-corrected chi connectivity index (χ4v) is 4.70. The molecule has 0 bridgehead atoms. The molecule has 10 heteroatoms. The van der Waals surface area contributed by atoms with E-state index in [4.69, 9.17) is 11.6 Å². The van der Waals surface area contributed by atoms with Crippen molar-refractivity contribution >= 4 is 40.8 Å². The minimum absolute atomic E-state index is 0.0197. The van der Waals surface area contributed by atoms with E-state index in [0.717, 1.165) is 51.0 Å². The number of carbonyl (C=O) groups excluding carboxylic acids is 3. The Morgan fingerprint density at radius 3 is 2.59 bits per heavy atom. The van der Waals surface area contributed by atoms with Gasteiger partial charge < -0.3 is 26.0 Å². The zero-order valence-corrected chi connectivity index (χ0v) is 22.5. The number of benzene rings is 2. The summed E-state index contributed by atoms with van der Waals surface area (Å²) in [5.41, 5.74) is 1.25. The third kappa shape index (κ3) is 7.13. The molecule has 1 saturated heterocycles. The van der Waals surface area contributed by atoms with Crippen molar-refractivity contribution in [3.05, 3.63) is 82.5 Å². The first-order valence-electron chi connectivity index (χ1n) is 13.0. The van der Waals surface area contributed by atoms with Crippen LogP contribution in [0, 0.1) is 0 Å². The van der Waals surface area contributed by atoms with Gasteiger partial charge in [0.1, 0.15) is 11.6 Å². The van der Waals surface area contributed by atoms with Gasteiger partial charge in [-0.05, 0) is 74.3 Å². The van der Waals surface area contributed by atoms with Gasteiger partial charge in [0.15, 0.2) is 0 Å². The van der Waals surface area contributed by atoms with Gasteiger partial charge in [-0.3, -0.25) is 14.4 Å². The molecule has 0 radical (unpaired) electrons. The number of amides is 3. The van der Waals surface area contributed by atoms with E-state index in [-0.39, 0.29) is 34.6 Å². The van der Waals surface area contributed by atoms with E-state index < -0.39 is 11.8 Å². The highest BCUT2D eigenvalue weighted by Gasteiger charge is 2.29. The predicted octanol–water partition coefficient (Wildman–Crippen LogP) is 4.65. The smallest absolute Gasteiger partial charge is 0.259 e. The maximum Gasteiger partial charge on any atom is 0.259 e. The van der Waals surface area contributed by atoms with Gasteiger partial charge >= 0.3 is 0 Å². The fraction of sp³-hybridized carbons (Fsp3) is 0.310. The van der Waals surface area contributed by atoms with Crippen molar-refractivity contribution in [2.75, 3.05) is 36.8 Å². The van der Waals surface area contributed by atoms with Crippen LogP contribution in [-0.4, -0.2) is 58.9 Å². The summed E-state index contributed by atoms with van der Waals surface area (Å²) in [5, 5.41) is 19.4. The van der Waals surface area contributed by atoms with Crippen molar-refractivity contribution in [3.8, 4) is 5.75 Å². The number of nitrogens with zero attached hydrogens (tertiary/aromatic N) is 2. The molecular formula is C29H32ClN5O4. The molecule has 1 atom stereocenters. The minimum Gasteiger partial charge on any atom is -0.506 e. The number of likely N-dealkylation sites (tertiary alicyclic amines) is 1. The van der Waals surface area contributed by atoms with Crippen molar-refractivity contribution in [1.29, 1.82) is 0 Å². The number of halogens is 1. The number of pyridine rings is 1. The second kappa shape index (κ2) is 13.2. The second-order valence-corrected chi connectivity index (χ2v) is 9.76. The van der Waals surface area contributed by atoms with Gasteiger partial charge in [-0.25, -0.2) is 4.98 Å². The van der Waals surface area contributed by atoms with Gasteiger partial charge in [-0.2, -0.15) is 0 Å². The van der Waals surface area contributed by atoms with Gasteiger partial charge in [0.25, 0.3) is 11.8 Å². The van der Waals surface area contributed by atoms with Gasteiger partial charge in [0, 0.05) is 24.8 Å². The van der Waals surface area contributed by atoms with Crippen LogP contribution in [0.3, 0.4) is 0 Å². The first kappa shape index (κ1) is 28.1. The molecule has 2 aromatic carbocycles. The zero-order chi connectivity index (χ0) is 27.8. The summed E-state index contributed by atoms with van der Waals surface area (Å²) in [4.78, 5) is 45.0. The number of phenols is 1. The Kier molecular flexibility index (Phi) is 9.51. The van der Waals surface area contributed by atoms with Crippen LogP contribution in [0.15, 0.2) is 60.8 Å². The van der Waals surface area contributed by atoms with Crippen molar-refractivity contribution in [3.63, 3.8) is 0 Å². The molecule has 1 aliphatic rings. The van der Waals surface area contributed by atoms with Gasteiger partial charge in [-0.1, -0.05) is 36.7 Å². The lowest BCUT2D eigenvalue weighted by Gasteiger charge is -2.32. The Morgan fingerprint density at radius 1 is 1.08 bits per heavy atom. The Hall–Kier alpha value is -3.95. The molecule has 3 amide bonds. The van der Waals surface area contributed by atoms with E-state index in [0.29, 0.717) is 10.6 Å². The fourth-order valence-electron chi connectivity index (χ4n) is 4.59. The molecule has 4 rings (SSSR count). The Bertz CT molecular complexity index is 1310. The third-order valence-electron chi connectivity index (χ3n) is 6.63. The number of carbonyl (C=O) groups is 3. The summed E-state index contributed by atoms with van der Waals surface area (Å²) >= 11 is 5.85. The highest BCUT2D eigenvalue weighted by molar-refractivity contribution is 6.30. The zero-order valence-electron chi connectivity index (χ0n) is 21.7. The molecule has 204 valence electrons. The lowest BCUT2D eigenvalue weighted by Crippen LogP contribution is -2.41. The number of hydrogen-bond acceptors (Lipinski definition) is 6. The summed E-state index contributed by atoms with van der Waals surface area (Å²) in [6.07, 6.45) is 4.01. The van der Waals surface area contributed by atoms with Crippen LogP contribution >= 0.6 is 11.6 Å². The predicted molar refractivity (Wildman–Crippen MR) is 151 cm³/mol. The quantitative estimate of drug-likeness (QED) is 0.215. The van der Waals surface area contributed by atoms with Gasteiger partial charge in [0.05, 0.1) is 22.2 Å². The molecule has 39 heavy (non-hydrogen) atoms. The second-order valence-electron chi connectivity index (χ2n) is 9.32. The Labute approximate surface area is 232 Å². The maximum absolute atomic E-state index is 13.1. The van der Waals surface area contributed by atoms with E-state index >= 15 is 0 Å². The summed E-state index contributed by atoms with van der Waals surface area (Å²) in [6, 6.07) is 14.4. The van der Waals surface area contributed by atoms with Crippen LogP contribution in [0.25, 0.3) is 0 Å². The summed E-state index contributed by atoms with van der Waals surface area (Å²) in [5.74, 6) is -1.15. The molecule has 1 fully saturated rings. The normalized spacial score (nSPS) is 15.2. The number of aromatic hydroxyl groups is 1. The highest BCUT2D eigenvalue weighted by Crippen LogP contribution is 2.30. The maximum atomic E-state index is 13.1. The minimum atomic E-state index is -0.558. The van der Waals surface area contributed by atoms with Crippen LogP contribution in [-0.2, 0) is 4.79 Å². The average Bonchev–Trinajstić information content (AvgIpc) is 2.94. The molecule has 2 heterocycles. The van der Waals surface area contributed by atoms with E-state index in [1.54, 1.807) is 36.4 Å². The number of nitrogens with one attached hydrogen (secondary N) is 3. The Morgan fingerprint density at radius 2 is 1.87 bits per heavy atom. The molecule has 9 nitrogen and oxygen atoms in total. The molecule has 1 aromatic heterocycles. The van der Waals surface area contributed by atoms with Crippen LogP contribution < -0.4 is 16.0 Å². The molecule has 1 unspecified atom stereocenters. The number of phenolic OH excluding ortho intramolecular Hbond substituents is 1. The lowest BCUT2D eigenvalue weighted by atomic mass is 9.89. The van der Waals surface area contributed by atoms with E-state index in [2.05, 4.69) is 27.9 Å². The van der Waals surface area contributed by atoms with E-state index in [1.165, 1.54) is 24.4 Å². The average molecular weight is 550 g/mol. The summed E-state index contributed by atoms with van der Waals surface area (Å²) < 4.78 is 0. The van der Waals surface area contributed by atoms with E-state index in [1.807, 2.05) is 4.90 Å². The molecule has 4 N–H and O–H groups in total.